The average Bonchev–Trinajstić information content (AvgIpc) is 2.35. The summed E-state index contributed by atoms with van der Waals surface area (Å²) in [5.41, 5.74) is 1.43. The van der Waals surface area contributed by atoms with Gasteiger partial charge in [0.2, 0.25) is 0 Å². The van der Waals surface area contributed by atoms with E-state index in [-0.39, 0.29) is 17.6 Å². The van der Waals surface area contributed by atoms with Crippen LogP contribution in [0.25, 0.3) is 0 Å². The van der Waals surface area contributed by atoms with Crippen molar-refractivity contribution in [2.75, 3.05) is 5.32 Å². The fourth-order valence-corrected chi connectivity index (χ4v) is 2.11. The van der Waals surface area contributed by atoms with Gasteiger partial charge in [-0.15, -0.1) is 0 Å². The van der Waals surface area contributed by atoms with E-state index in [1.165, 1.54) is 6.07 Å². The molecule has 0 saturated heterocycles. The number of anilines is 1. The lowest BCUT2D eigenvalue weighted by atomic mass is 10.1. The molecule has 1 unspecified atom stereocenters. The van der Waals surface area contributed by atoms with Crippen LogP contribution in [-0.2, 0) is 0 Å². The molecule has 1 atom stereocenters. The highest BCUT2D eigenvalue weighted by atomic mass is 79.9. The molecule has 94 valence electrons. The highest BCUT2D eigenvalue weighted by molar-refractivity contribution is 9.10. The second kappa shape index (κ2) is 5.40. The fraction of sp³-hybridized carbons (Fsp3) is 0.143. The van der Waals surface area contributed by atoms with Crippen molar-refractivity contribution >= 4 is 21.6 Å². The molecule has 2 rings (SSSR count). The van der Waals surface area contributed by atoms with Gasteiger partial charge in [-0.1, -0.05) is 15.9 Å². The van der Waals surface area contributed by atoms with E-state index in [1.807, 2.05) is 6.92 Å². The Balaban J connectivity index is 2.18. The normalized spacial score (nSPS) is 12.2. The van der Waals surface area contributed by atoms with Gasteiger partial charge in [0, 0.05) is 15.7 Å². The van der Waals surface area contributed by atoms with Crippen LogP contribution in [-0.4, -0.2) is 5.11 Å². The number of benzene rings is 2. The van der Waals surface area contributed by atoms with Gasteiger partial charge in [0.25, 0.3) is 0 Å². The number of hydrogen-bond donors (Lipinski definition) is 2. The standard InChI is InChI=1S/C14H13BrFNO/c1-9(13-8-10(15)2-7-14(13)16)17-11-3-5-12(18)6-4-11/h2-9,17-18H,1H3. The van der Waals surface area contributed by atoms with Crippen LogP contribution in [0.15, 0.2) is 46.9 Å². The van der Waals surface area contributed by atoms with Crippen LogP contribution < -0.4 is 5.32 Å². The molecule has 0 radical (unpaired) electrons. The van der Waals surface area contributed by atoms with Gasteiger partial charge < -0.3 is 10.4 Å². The van der Waals surface area contributed by atoms with Crippen LogP contribution in [0.2, 0.25) is 0 Å². The van der Waals surface area contributed by atoms with Crippen LogP contribution in [0.5, 0.6) is 5.75 Å². The molecule has 2 aromatic rings. The molecule has 0 amide bonds. The summed E-state index contributed by atoms with van der Waals surface area (Å²) in [7, 11) is 0. The zero-order valence-electron chi connectivity index (χ0n) is 9.82. The van der Waals surface area contributed by atoms with E-state index in [2.05, 4.69) is 21.2 Å². The van der Waals surface area contributed by atoms with Crippen molar-refractivity contribution in [3.63, 3.8) is 0 Å². The second-order valence-electron chi connectivity index (χ2n) is 4.08. The summed E-state index contributed by atoms with van der Waals surface area (Å²) in [5, 5.41) is 12.4. The maximum Gasteiger partial charge on any atom is 0.128 e. The van der Waals surface area contributed by atoms with Crippen molar-refractivity contribution in [2.24, 2.45) is 0 Å². The number of halogens is 2. The van der Waals surface area contributed by atoms with E-state index >= 15 is 0 Å². The smallest absolute Gasteiger partial charge is 0.128 e. The topological polar surface area (TPSA) is 32.3 Å². The first kappa shape index (κ1) is 12.9. The molecular weight excluding hydrogens is 297 g/mol. The van der Waals surface area contributed by atoms with Crippen LogP contribution in [0.4, 0.5) is 10.1 Å². The first-order chi connectivity index (χ1) is 8.56. The molecule has 0 aliphatic carbocycles. The van der Waals surface area contributed by atoms with Crippen LogP contribution in [0.1, 0.15) is 18.5 Å². The number of aromatic hydroxyl groups is 1. The first-order valence-corrected chi connectivity index (χ1v) is 6.36. The lowest BCUT2D eigenvalue weighted by molar-refractivity contribution is 0.475. The molecule has 0 spiro atoms. The van der Waals surface area contributed by atoms with Crippen molar-refractivity contribution in [2.45, 2.75) is 13.0 Å². The molecule has 2 N–H and O–H groups in total. The zero-order chi connectivity index (χ0) is 13.1. The van der Waals surface area contributed by atoms with E-state index in [9.17, 15) is 9.50 Å². The summed E-state index contributed by atoms with van der Waals surface area (Å²) in [5.74, 6) is -0.0289. The maximum absolute atomic E-state index is 13.7. The third-order valence-corrected chi connectivity index (χ3v) is 3.17. The molecule has 18 heavy (non-hydrogen) atoms. The van der Waals surface area contributed by atoms with Crippen LogP contribution in [0, 0.1) is 5.82 Å². The molecular formula is C14H13BrFNO. The second-order valence-corrected chi connectivity index (χ2v) is 4.99. The third kappa shape index (κ3) is 3.01. The van der Waals surface area contributed by atoms with Gasteiger partial charge >= 0.3 is 0 Å². The Kier molecular flexibility index (Phi) is 3.87. The molecule has 2 aromatic carbocycles. The average molecular weight is 310 g/mol. The van der Waals surface area contributed by atoms with Gasteiger partial charge in [-0.05, 0) is 49.4 Å². The Morgan fingerprint density at radius 1 is 1.17 bits per heavy atom. The van der Waals surface area contributed by atoms with E-state index in [1.54, 1.807) is 36.4 Å². The molecule has 0 bridgehead atoms. The maximum atomic E-state index is 13.7. The van der Waals surface area contributed by atoms with Crippen LogP contribution in [0.3, 0.4) is 0 Å². The predicted molar refractivity (Wildman–Crippen MR) is 74.2 cm³/mol. The van der Waals surface area contributed by atoms with Crippen molar-refractivity contribution in [1.29, 1.82) is 0 Å². The summed E-state index contributed by atoms with van der Waals surface area (Å²) in [6.07, 6.45) is 0. The minimum Gasteiger partial charge on any atom is -0.508 e. The van der Waals surface area contributed by atoms with E-state index in [4.69, 9.17) is 0 Å². The number of phenolic OH excluding ortho intramolecular Hbond substituents is 1. The number of rotatable bonds is 3. The van der Waals surface area contributed by atoms with Gasteiger partial charge in [0.15, 0.2) is 0 Å². The van der Waals surface area contributed by atoms with E-state index in [0.29, 0.717) is 5.56 Å². The minimum absolute atomic E-state index is 0.160. The summed E-state index contributed by atoms with van der Waals surface area (Å²) < 4.78 is 14.5. The predicted octanol–water partition coefficient (Wildman–Crippen LogP) is 4.47. The largest absolute Gasteiger partial charge is 0.508 e. The zero-order valence-corrected chi connectivity index (χ0v) is 11.4. The first-order valence-electron chi connectivity index (χ1n) is 5.57. The molecule has 0 aliphatic rings. The monoisotopic (exact) mass is 309 g/mol. The van der Waals surface area contributed by atoms with E-state index < -0.39 is 0 Å². The number of hydrogen-bond acceptors (Lipinski definition) is 2. The Bertz CT molecular complexity index is 542. The van der Waals surface area contributed by atoms with Crippen LogP contribution >= 0.6 is 15.9 Å². The van der Waals surface area contributed by atoms with Gasteiger partial charge in [-0.2, -0.15) is 0 Å². The Labute approximate surface area is 114 Å². The van der Waals surface area contributed by atoms with Gasteiger partial charge in [-0.3, -0.25) is 0 Å². The quantitative estimate of drug-likeness (QED) is 0.820. The molecule has 0 aromatic heterocycles. The molecule has 4 heteroatoms. The summed E-state index contributed by atoms with van der Waals surface area (Å²) >= 11 is 3.33. The highest BCUT2D eigenvalue weighted by Crippen LogP contribution is 2.25. The SMILES string of the molecule is CC(Nc1ccc(O)cc1)c1cc(Br)ccc1F. The van der Waals surface area contributed by atoms with Gasteiger partial charge in [-0.25, -0.2) is 4.39 Å². The molecule has 0 aliphatic heterocycles. The van der Waals surface area contributed by atoms with Crippen molar-refractivity contribution in [3.8, 4) is 5.75 Å². The summed E-state index contributed by atoms with van der Waals surface area (Å²) in [4.78, 5) is 0. The summed E-state index contributed by atoms with van der Waals surface area (Å²) in [6, 6.07) is 11.4. The molecule has 0 fully saturated rings. The Morgan fingerprint density at radius 2 is 1.83 bits per heavy atom. The van der Waals surface area contributed by atoms with E-state index in [0.717, 1.165) is 10.2 Å². The van der Waals surface area contributed by atoms with Crippen molar-refractivity contribution < 1.29 is 9.50 Å². The highest BCUT2D eigenvalue weighted by Gasteiger charge is 2.11. The molecule has 0 saturated carbocycles. The Morgan fingerprint density at radius 3 is 2.50 bits per heavy atom. The van der Waals surface area contributed by atoms with Gasteiger partial charge in [0.05, 0.1) is 6.04 Å². The third-order valence-electron chi connectivity index (χ3n) is 2.68. The number of phenols is 1. The fourth-order valence-electron chi connectivity index (χ4n) is 1.73. The number of nitrogens with one attached hydrogen (secondary N) is 1. The molecule has 0 heterocycles. The summed E-state index contributed by atoms with van der Waals surface area (Å²) in [6.45, 7) is 1.89. The van der Waals surface area contributed by atoms with Crippen molar-refractivity contribution in [3.05, 3.63) is 58.3 Å². The van der Waals surface area contributed by atoms with Crippen molar-refractivity contribution in [1.82, 2.24) is 0 Å². The lowest BCUT2D eigenvalue weighted by Gasteiger charge is -2.16. The Hall–Kier alpha value is -1.55. The lowest BCUT2D eigenvalue weighted by Crippen LogP contribution is -2.08. The minimum atomic E-state index is -0.239. The van der Waals surface area contributed by atoms with Gasteiger partial charge in [0.1, 0.15) is 11.6 Å². The molecule has 2 nitrogen and oxygen atoms in total.